The van der Waals surface area contributed by atoms with Gasteiger partial charge in [0.05, 0.1) is 16.6 Å². The second-order valence-corrected chi connectivity index (χ2v) is 5.58. The highest BCUT2D eigenvalue weighted by molar-refractivity contribution is 6.40. The molecule has 23 heavy (non-hydrogen) atoms. The van der Waals surface area contributed by atoms with E-state index in [2.05, 4.69) is 15.3 Å². The summed E-state index contributed by atoms with van der Waals surface area (Å²) in [4.78, 5) is 28.9. The minimum Gasteiger partial charge on any atom is -0.331 e. The van der Waals surface area contributed by atoms with Crippen molar-refractivity contribution in [2.75, 3.05) is 11.9 Å². The molecule has 0 saturated carbocycles. The third-order valence-electron chi connectivity index (χ3n) is 2.55. The number of carbonyl (C=O) groups excluding carboxylic acids is 1. The largest absolute Gasteiger partial charge is 0.351 e. The zero-order valence-corrected chi connectivity index (χ0v) is 14.2. The van der Waals surface area contributed by atoms with Gasteiger partial charge in [0.25, 0.3) is 0 Å². The van der Waals surface area contributed by atoms with Crippen LogP contribution in [0.3, 0.4) is 0 Å². The number of H-pyrrole nitrogens is 1. The van der Waals surface area contributed by atoms with Crippen LogP contribution in [0, 0.1) is 0 Å². The molecule has 0 saturated heterocycles. The number of hydrogen-bond acceptors (Lipinski definition) is 4. The predicted octanol–water partition coefficient (Wildman–Crippen LogP) is 4.54. The molecule has 0 aliphatic rings. The van der Waals surface area contributed by atoms with Gasteiger partial charge in [-0.3, -0.25) is 5.32 Å². The Morgan fingerprint density at radius 2 is 2.04 bits per heavy atom. The van der Waals surface area contributed by atoms with Crippen molar-refractivity contribution in [2.45, 2.75) is 13.3 Å². The van der Waals surface area contributed by atoms with Crippen molar-refractivity contribution in [3.8, 4) is 5.75 Å². The highest BCUT2D eigenvalue weighted by Crippen LogP contribution is 2.36. The maximum Gasteiger partial charge on any atom is 0.351 e. The van der Waals surface area contributed by atoms with Gasteiger partial charge in [-0.2, -0.15) is 5.06 Å². The summed E-state index contributed by atoms with van der Waals surface area (Å²) in [6.07, 6.45) is 3.71. The Kier molecular flexibility index (Phi) is 6.35. The lowest BCUT2D eigenvalue weighted by molar-refractivity contribution is -0.341. The summed E-state index contributed by atoms with van der Waals surface area (Å²) in [5.41, 5.74) is 0. The van der Waals surface area contributed by atoms with Gasteiger partial charge in [0.15, 0.2) is 0 Å². The highest BCUT2D eigenvalue weighted by Gasteiger charge is 2.18. The van der Waals surface area contributed by atoms with Crippen LogP contribution < -0.4 is 10.2 Å². The maximum absolute atomic E-state index is 12.1. The number of nitrogens with zero attached hydrogens (tertiary/aromatic N) is 2. The first kappa shape index (κ1) is 17.7. The minimum absolute atomic E-state index is 0.0598. The molecule has 0 aliphatic carbocycles. The fourth-order valence-electron chi connectivity index (χ4n) is 1.56. The standard InChI is InChI=1S/C13H13Cl3N4O3/c1-2-5-20(13(21)19-12-17-3-4-18-12)23-22-11-9(15)6-8(14)7-10(11)16/h3-4,6-7H,2,5H2,1H3,(H2,17,18,19,21). The van der Waals surface area contributed by atoms with E-state index in [-0.39, 0.29) is 28.3 Å². The monoisotopic (exact) mass is 378 g/mol. The third kappa shape index (κ3) is 4.90. The molecule has 2 amide bonds. The van der Waals surface area contributed by atoms with E-state index >= 15 is 0 Å². The molecule has 0 radical (unpaired) electrons. The molecule has 10 heteroatoms. The third-order valence-corrected chi connectivity index (χ3v) is 3.33. The average molecular weight is 380 g/mol. The van der Waals surface area contributed by atoms with E-state index < -0.39 is 6.03 Å². The van der Waals surface area contributed by atoms with E-state index in [1.807, 2.05) is 6.92 Å². The molecule has 0 atom stereocenters. The molecule has 2 rings (SSSR count). The average Bonchev–Trinajstić information content (AvgIpc) is 2.97. The van der Waals surface area contributed by atoms with Crippen LogP contribution in [0.5, 0.6) is 5.75 Å². The van der Waals surface area contributed by atoms with Crippen LogP contribution in [0.15, 0.2) is 24.5 Å². The summed E-state index contributed by atoms with van der Waals surface area (Å²) in [5.74, 6) is 0.340. The minimum atomic E-state index is -0.567. The number of aromatic amines is 1. The van der Waals surface area contributed by atoms with Crippen molar-refractivity contribution >= 4 is 46.8 Å². The maximum atomic E-state index is 12.1. The van der Waals surface area contributed by atoms with Crippen LogP contribution in [-0.4, -0.2) is 27.6 Å². The molecular weight excluding hydrogens is 367 g/mol. The smallest absolute Gasteiger partial charge is 0.331 e. The normalized spacial score (nSPS) is 10.4. The van der Waals surface area contributed by atoms with Crippen LogP contribution in [0.25, 0.3) is 0 Å². The number of aromatic nitrogens is 2. The van der Waals surface area contributed by atoms with Crippen LogP contribution in [0.2, 0.25) is 15.1 Å². The van der Waals surface area contributed by atoms with Crippen molar-refractivity contribution < 1.29 is 14.7 Å². The summed E-state index contributed by atoms with van der Waals surface area (Å²) >= 11 is 17.8. The number of rotatable bonds is 6. The van der Waals surface area contributed by atoms with Gasteiger partial charge in [-0.25, -0.2) is 9.78 Å². The van der Waals surface area contributed by atoms with Gasteiger partial charge in [-0.15, -0.1) is 0 Å². The van der Waals surface area contributed by atoms with E-state index in [0.717, 1.165) is 5.06 Å². The Hall–Kier alpha value is -1.67. The first-order chi connectivity index (χ1) is 11.0. The molecule has 1 aromatic carbocycles. The second-order valence-electron chi connectivity index (χ2n) is 4.33. The fourth-order valence-corrected chi connectivity index (χ4v) is 2.44. The number of hydrogen-bond donors (Lipinski definition) is 2. The number of anilines is 1. The zero-order valence-electron chi connectivity index (χ0n) is 12.0. The quantitative estimate of drug-likeness (QED) is 0.570. The number of imidazole rings is 1. The van der Waals surface area contributed by atoms with Gasteiger partial charge < -0.3 is 9.87 Å². The molecule has 0 unspecified atom stereocenters. The molecule has 0 aliphatic heterocycles. The molecule has 0 bridgehead atoms. The number of benzene rings is 1. The van der Waals surface area contributed by atoms with Crippen molar-refractivity contribution in [1.29, 1.82) is 0 Å². The van der Waals surface area contributed by atoms with Gasteiger partial charge in [0.2, 0.25) is 11.7 Å². The van der Waals surface area contributed by atoms with Gasteiger partial charge in [0, 0.05) is 17.4 Å². The predicted molar refractivity (Wildman–Crippen MR) is 87.8 cm³/mol. The summed E-state index contributed by atoms with van der Waals surface area (Å²) in [6.45, 7) is 2.15. The van der Waals surface area contributed by atoms with Gasteiger partial charge in [-0.1, -0.05) is 46.7 Å². The number of nitrogens with one attached hydrogen (secondary N) is 2. The Morgan fingerprint density at radius 3 is 2.61 bits per heavy atom. The molecule has 2 N–H and O–H groups in total. The van der Waals surface area contributed by atoms with Crippen molar-refractivity contribution in [1.82, 2.24) is 15.0 Å². The lowest BCUT2D eigenvalue weighted by Crippen LogP contribution is -2.37. The summed E-state index contributed by atoms with van der Waals surface area (Å²) in [7, 11) is 0. The van der Waals surface area contributed by atoms with Crippen LogP contribution >= 0.6 is 34.8 Å². The molecule has 1 heterocycles. The topological polar surface area (TPSA) is 79.5 Å². The first-order valence-corrected chi connectivity index (χ1v) is 7.71. The summed E-state index contributed by atoms with van der Waals surface area (Å²) in [5, 5.41) is 4.16. The van der Waals surface area contributed by atoms with E-state index in [1.54, 1.807) is 6.20 Å². The second kappa shape index (κ2) is 8.26. The molecular formula is C13H13Cl3N4O3. The van der Waals surface area contributed by atoms with E-state index in [9.17, 15) is 4.79 Å². The van der Waals surface area contributed by atoms with E-state index in [0.29, 0.717) is 11.4 Å². The first-order valence-electron chi connectivity index (χ1n) is 6.58. The van der Waals surface area contributed by atoms with Gasteiger partial charge >= 0.3 is 6.03 Å². The zero-order chi connectivity index (χ0) is 16.8. The molecule has 0 spiro atoms. The Bertz CT molecular complexity index is 643. The van der Waals surface area contributed by atoms with Crippen LogP contribution in [0.1, 0.15) is 13.3 Å². The molecule has 124 valence electrons. The lowest BCUT2D eigenvalue weighted by Gasteiger charge is -2.19. The Balaban J connectivity index is 2.03. The molecule has 1 aromatic heterocycles. The fraction of sp³-hybridized carbons (Fsp3) is 0.231. The van der Waals surface area contributed by atoms with E-state index in [1.165, 1.54) is 18.3 Å². The molecule has 7 nitrogen and oxygen atoms in total. The number of amides is 2. The van der Waals surface area contributed by atoms with Crippen LogP contribution in [-0.2, 0) is 4.99 Å². The van der Waals surface area contributed by atoms with Crippen molar-refractivity contribution in [3.63, 3.8) is 0 Å². The van der Waals surface area contributed by atoms with Crippen LogP contribution in [0.4, 0.5) is 10.7 Å². The number of halogens is 3. The van der Waals surface area contributed by atoms with Crippen molar-refractivity contribution in [3.05, 3.63) is 39.6 Å². The number of carbonyl (C=O) groups is 1. The summed E-state index contributed by atoms with van der Waals surface area (Å²) < 4.78 is 0. The Morgan fingerprint density at radius 1 is 1.35 bits per heavy atom. The Labute approximate surface area is 147 Å². The lowest BCUT2D eigenvalue weighted by atomic mass is 10.3. The molecule has 2 aromatic rings. The highest BCUT2D eigenvalue weighted by atomic mass is 35.5. The van der Waals surface area contributed by atoms with Crippen molar-refractivity contribution in [2.24, 2.45) is 0 Å². The number of hydroxylamine groups is 2. The molecule has 0 fully saturated rings. The summed E-state index contributed by atoms with van der Waals surface area (Å²) in [6, 6.07) is 2.32. The van der Waals surface area contributed by atoms with Gasteiger partial charge in [-0.05, 0) is 18.6 Å². The van der Waals surface area contributed by atoms with Gasteiger partial charge in [0.1, 0.15) is 0 Å². The SMILES string of the molecule is CCCN(OOc1c(Cl)cc(Cl)cc1Cl)C(=O)Nc1ncc[nH]1. The number of urea groups is 1. The van der Waals surface area contributed by atoms with E-state index in [4.69, 9.17) is 44.7 Å².